The van der Waals surface area contributed by atoms with Crippen LogP contribution in [0, 0.1) is 10.7 Å². The summed E-state index contributed by atoms with van der Waals surface area (Å²) < 4.78 is 2.02. The number of nitrogens with one attached hydrogen (secondary N) is 1. The average molecular weight is 357 g/mol. The Balaban J connectivity index is 1.55. The Morgan fingerprint density at radius 2 is 2.00 bits per heavy atom. The van der Waals surface area contributed by atoms with Crippen LogP contribution in [0.1, 0.15) is 0 Å². The molecule has 1 amide bonds. The molecule has 0 atom stereocenters. The first-order valence-corrected chi connectivity index (χ1v) is 9.31. The van der Waals surface area contributed by atoms with E-state index in [2.05, 4.69) is 10.3 Å². The fourth-order valence-corrected chi connectivity index (χ4v) is 4.14. The molecule has 4 nitrogen and oxygen atoms in total. The number of nitriles is 1. The van der Waals surface area contributed by atoms with Gasteiger partial charge in [-0.15, -0.1) is 11.3 Å². The van der Waals surface area contributed by atoms with E-state index >= 15 is 0 Å². The molecule has 0 saturated carbocycles. The monoisotopic (exact) mass is 357 g/mol. The van der Waals surface area contributed by atoms with Crippen molar-refractivity contribution < 1.29 is 4.79 Å². The van der Waals surface area contributed by atoms with Gasteiger partial charge in [0, 0.05) is 10.6 Å². The highest BCUT2D eigenvalue weighted by molar-refractivity contribution is 8.03. The molecule has 3 aromatic rings. The quantitative estimate of drug-likeness (QED) is 0.534. The highest BCUT2D eigenvalue weighted by Crippen LogP contribution is 2.29. The van der Waals surface area contributed by atoms with E-state index in [0.717, 1.165) is 36.9 Å². The van der Waals surface area contributed by atoms with Crippen molar-refractivity contribution in [3.8, 4) is 5.40 Å². The Hall–Kier alpha value is -2.01. The minimum atomic E-state index is -0.0741. The average Bonchev–Trinajstić information content (AvgIpc) is 2.98. The summed E-state index contributed by atoms with van der Waals surface area (Å²) in [5, 5.41) is 13.5. The van der Waals surface area contributed by atoms with Gasteiger partial charge in [-0.05, 0) is 48.2 Å². The molecule has 1 heterocycles. The number of amides is 1. The lowest BCUT2D eigenvalue weighted by atomic mass is 10.3. The number of hydrogen-bond acceptors (Lipinski definition) is 6. The molecule has 0 aliphatic carbocycles. The summed E-state index contributed by atoms with van der Waals surface area (Å²) in [4.78, 5) is 17.3. The van der Waals surface area contributed by atoms with Gasteiger partial charge in [0.15, 0.2) is 4.34 Å². The van der Waals surface area contributed by atoms with Crippen LogP contribution < -0.4 is 5.32 Å². The largest absolute Gasteiger partial charge is 0.325 e. The lowest BCUT2D eigenvalue weighted by molar-refractivity contribution is -0.113. The van der Waals surface area contributed by atoms with Gasteiger partial charge in [-0.25, -0.2) is 4.98 Å². The van der Waals surface area contributed by atoms with E-state index in [4.69, 9.17) is 5.26 Å². The Kier molecular flexibility index (Phi) is 5.18. The number of benzene rings is 2. The maximum atomic E-state index is 12.0. The summed E-state index contributed by atoms with van der Waals surface area (Å²) in [6, 6.07) is 15.1. The van der Waals surface area contributed by atoms with Crippen LogP contribution >= 0.6 is 34.9 Å². The zero-order valence-electron chi connectivity index (χ0n) is 11.9. The highest BCUT2D eigenvalue weighted by atomic mass is 32.2. The molecule has 114 valence electrons. The van der Waals surface area contributed by atoms with Crippen LogP contribution in [0.25, 0.3) is 10.2 Å². The first-order chi connectivity index (χ1) is 11.2. The number of carbonyl (C=O) groups excluding carboxylic acids is 1. The van der Waals surface area contributed by atoms with Crippen LogP contribution in [-0.4, -0.2) is 16.6 Å². The molecule has 0 bridgehead atoms. The zero-order chi connectivity index (χ0) is 16.1. The number of thioether (sulfide) groups is 2. The maximum Gasteiger partial charge on any atom is 0.234 e. The standard InChI is InChI=1S/C16H11N3OS3/c17-10-22-12-7-5-11(6-8-12)18-15(20)9-21-16-19-13-3-1-2-4-14(13)23-16/h1-8H,9H2,(H,18,20). The molecular weight excluding hydrogens is 346 g/mol. The number of rotatable bonds is 5. The number of aromatic nitrogens is 1. The third-order valence-corrected chi connectivity index (χ3v) is 5.68. The summed E-state index contributed by atoms with van der Waals surface area (Å²) >= 11 is 4.12. The lowest BCUT2D eigenvalue weighted by Crippen LogP contribution is -2.13. The number of para-hydroxylation sites is 1. The highest BCUT2D eigenvalue weighted by Gasteiger charge is 2.08. The van der Waals surface area contributed by atoms with Crippen LogP contribution in [0.2, 0.25) is 0 Å². The van der Waals surface area contributed by atoms with Gasteiger partial charge in [0.25, 0.3) is 0 Å². The minimum Gasteiger partial charge on any atom is -0.325 e. The number of thiazole rings is 1. The van der Waals surface area contributed by atoms with Crippen LogP contribution in [0.4, 0.5) is 5.69 Å². The van der Waals surface area contributed by atoms with Gasteiger partial charge < -0.3 is 5.32 Å². The first kappa shape index (κ1) is 15.9. The van der Waals surface area contributed by atoms with Gasteiger partial charge in [-0.3, -0.25) is 4.79 Å². The third kappa shape index (κ3) is 4.26. The molecule has 1 N–H and O–H groups in total. The normalized spacial score (nSPS) is 10.4. The fraction of sp³-hybridized carbons (Fsp3) is 0.0625. The van der Waals surface area contributed by atoms with Gasteiger partial charge in [-0.1, -0.05) is 23.9 Å². The van der Waals surface area contributed by atoms with Crippen LogP contribution in [0.15, 0.2) is 57.8 Å². The molecule has 3 rings (SSSR count). The molecule has 1 aromatic heterocycles. The van der Waals surface area contributed by atoms with Gasteiger partial charge in [0.1, 0.15) is 5.40 Å². The van der Waals surface area contributed by atoms with Crippen molar-refractivity contribution in [2.24, 2.45) is 0 Å². The fourth-order valence-electron chi connectivity index (χ4n) is 1.90. The van der Waals surface area contributed by atoms with Gasteiger partial charge in [0.05, 0.1) is 16.0 Å². The number of carbonyl (C=O) groups is 1. The molecule has 0 saturated heterocycles. The molecule has 2 aromatic carbocycles. The topological polar surface area (TPSA) is 65.8 Å². The van der Waals surface area contributed by atoms with E-state index in [1.807, 2.05) is 41.8 Å². The smallest absolute Gasteiger partial charge is 0.234 e. The van der Waals surface area contributed by atoms with Crippen LogP contribution in [-0.2, 0) is 4.79 Å². The Bertz CT molecular complexity index is 835. The second-order valence-corrected chi connectivity index (χ2v) is 7.61. The SMILES string of the molecule is N#CSc1ccc(NC(=O)CSc2nc3ccccc3s2)cc1. The second kappa shape index (κ2) is 7.51. The van der Waals surface area contributed by atoms with Crippen molar-refractivity contribution in [3.05, 3.63) is 48.5 Å². The van der Waals surface area contributed by atoms with E-state index in [1.165, 1.54) is 11.8 Å². The maximum absolute atomic E-state index is 12.0. The lowest BCUT2D eigenvalue weighted by Gasteiger charge is -2.04. The first-order valence-electron chi connectivity index (χ1n) is 6.69. The molecule has 0 aliphatic rings. The molecule has 7 heteroatoms. The van der Waals surface area contributed by atoms with E-state index in [0.29, 0.717) is 5.75 Å². The number of thiocyanates is 1. The summed E-state index contributed by atoms with van der Waals surface area (Å²) in [7, 11) is 0. The van der Waals surface area contributed by atoms with Gasteiger partial charge >= 0.3 is 0 Å². The second-order valence-electron chi connectivity index (χ2n) is 4.50. The third-order valence-electron chi connectivity index (χ3n) is 2.90. The number of nitrogens with zero attached hydrogens (tertiary/aromatic N) is 2. The minimum absolute atomic E-state index is 0.0741. The summed E-state index contributed by atoms with van der Waals surface area (Å²) in [6.45, 7) is 0. The molecule has 0 radical (unpaired) electrons. The Morgan fingerprint density at radius 1 is 1.22 bits per heavy atom. The van der Waals surface area contributed by atoms with Crippen molar-refractivity contribution in [2.45, 2.75) is 9.24 Å². The summed E-state index contributed by atoms with van der Waals surface area (Å²) in [5.41, 5.74) is 1.69. The molecule has 0 aliphatic heterocycles. The molecule has 0 spiro atoms. The van der Waals surface area contributed by atoms with Crippen molar-refractivity contribution in [2.75, 3.05) is 11.1 Å². The van der Waals surface area contributed by atoms with Crippen LogP contribution in [0.5, 0.6) is 0 Å². The van der Waals surface area contributed by atoms with Crippen molar-refractivity contribution >= 4 is 56.7 Å². The summed E-state index contributed by atoms with van der Waals surface area (Å²) in [6.07, 6.45) is 0. The number of fused-ring (bicyclic) bond motifs is 1. The molecule has 23 heavy (non-hydrogen) atoms. The number of anilines is 1. The Morgan fingerprint density at radius 3 is 2.74 bits per heavy atom. The van der Waals surface area contributed by atoms with Crippen LogP contribution in [0.3, 0.4) is 0 Å². The predicted octanol–water partition coefficient (Wildman–Crippen LogP) is 4.60. The molecular formula is C16H11N3OS3. The number of hydrogen-bond donors (Lipinski definition) is 1. The van der Waals surface area contributed by atoms with E-state index < -0.39 is 0 Å². The molecule has 0 unspecified atom stereocenters. The van der Waals surface area contributed by atoms with Crippen molar-refractivity contribution in [3.63, 3.8) is 0 Å². The van der Waals surface area contributed by atoms with Gasteiger partial charge in [0.2, 0.25) is 5.91 Å². The summed E-state index contributed by atoms with van der Waals surface area (Å²) in [5.74, 6) is 0.240. The Labute approximate surface area is 145 Å². The van der Waals surface area contributed by atoms with Gasteiger partial charge in [-0.2, -0.15) is 5.26 Å². The van der Waals surface area contributed by atoms with E-state index in [1.54, 1.807) is 23.5 Å². The zero-order valence-corrected chi connectivity index (χ0v) is 14.3. The van der Waals surface area contributed by atoms with E-state index in [-0.39, 0.29) is 5.91 Å². The molecule has 0 fully saturated rings. The van der Waals surface area contributed by atoms with E-state index in [9.17, 15) is 4.79 Å². The van der Waals surface area contributed by atoms with Crippen molar-refractivity contribution in [1.29, 1.82) is 5.26 Å². The van der Waals surface area contributed by atoms with Crippen molar-refractivity contribution in [1.82, 2.24) is 4.98 Å². The predicted molar refractivity (Wildman–Crippen MR) is 96.9 cm³/mol.